The van der Waals surface area contributed by atoms with Gasteiger partial charge in [-0.2, -0.15) is 0 Å². The number of hydrazine groups is 1. The van der Waals surface area contributed by atoms with Gasteiger partial charge in [-0.05, 0) is 48.5 Å². The molecule has 0 atom stereocenters. The van der Waals surface area contributed by atoms with Crippen LogP contribution >= 0.6 is 23.2 Å². The van der Waals surface area contributed by atoms with Crippen molar-refractivity contribution >= 4 is 46.6 Å². The van der Waals surface area contributed by atoms with Crippen LogP contribution in [0.2, 0.25) is 10.0 Å². The first-order valence-electron chi connectivity index (χ1n) is 10.0. The molecule has 3 aromatic carbocycles. The first-order chi connectivity index (χ1) is 16.8. The molecule has 182 valence electrons. The zero-order valence-electron chi connectivity index (χ0n) is 18.9. The van der Waals surface area contributed by atoms with Gasteiger partial charge in [0, 0.05) is 21.8 Å². The van der Waals surface area contributed by atoms with Gasteiger partial charge < -0.3 is 19.5 Å². The van der Waals surface area contributed by atoms with Crippen LogP contribution in [0, 0.1) is 0 Å². The number of halogens is 2. The fourth-order valence-electron chi connectivity index (χ4n) is 3.08. The monoisotopic (exact) mass is 517 g/mol. The number of carbonyl (C=O) groups is 3. The van der Waals surface area contributed by atoms with Gasteiger partial charge in [0.2, 0.25) is 5.75 Å². The van der Waals surface area contributed by atoms with Crippen molar-refractivity contribution in [1.82, 2.24) is 10.9 Å². The molecule has 35 heavy (non-hydrogen) atoms. The van der Waals surface area contributed by atoms with Crippen LogP contribution in [0.25, 0.3) is 0 Å². The second-order valence-electron chi connectivity index (χ2n) is 6.98. The molecule has 3 aromatic rings. The lowest BCUT2D eigenvalue weighted by Crippen LogP contribution is -2.41. The van der Waals surface area contributed by atoms with Gasteiger partial charge in [0.15, 0.2) is 11.5 Å². The molecule has 3 N–H and O–H groups in total. The summed E-state index contributed by atoms with van der Waals surface area (Å²) < 4.78 is 15.7. The zero-order valence-corrected chi connectivity index (χ0v) is 20.4. The van der Waals surface area contributed by atoms with Gasteiger partial charge in [-0.3, -0.25) is 25.2 Å². The fraction of sp³-hybridized carbons (Fsp3) is 0.125. The third-order valence-corrected chi connectivity index (χ3v) is 5.32. The quantitative estimate of drug-likeness (QED) is 0.401. The highest BCUT2D eigenvalue weighted by Gasteiger charge is 2.18. The maximum atomic E-state index is 12.6. The Morgan fingerprint density at radius 3 is 1.91 bits per heavy atom. The van der Waals surface area contributed by atoms with Crippen molar-refractivity contribution in [3.05, 3.63) is 81.3 Å². The molecular formula is C24H21Cl2N3O6. The minimum atomic E-state index is -0.612. The first kappa shape index (κ1) is 25.7. The molecule has 3 rings (SSSR count). The van der Waals surface area contributed by atoms with E-state index >= 15 is 0 Å². The van der Waals surface area contributed by atoms with E-state index < -0.39 is 17.7 Å². The molecule has 0 radical (unpaired) electrons. The number of anilines is 1. The van der Waals surface area contributed by atoms with E-state index in [1.54, 1.807) is 18.2 Å². The minimum Gasteiger partial charge on any atom is -0.493 e. The number of hydrogen-bond donors (Lipinski definition) is 3. The SMILES string of the molecule is COc1cc(C(=O)NNC(=O)c2cccc(NC(=O)c3ccc(Cl)cc3Cl)c2)cc(OC)c1OC. The number of methoxy groups -OCH3 is 3. The van der Waals surface area contributed by atoms with Crippen LogP contribution < -0.4 is 30.4 Å². The summed E-state index contributed by atoms with van der Waals surface area (Å²) in [5.74, 6) is -0.791. The van der Waals surface area contributed by atoms with E-state index in [0.29, 0.717) is 16.5 Å². The van der Waals surface area contributed by atoms with Crippen molar-refractivity contribution in [2.45, 2.75) is 0 Å². The van der Waals surface area contributed by atoms with E-state index in [1.165, 1.54) is 57.7 Å². The Kier molecular flexibility index (Phi) is 8.40. The van der Waals surface area contributed by atoms with Gasteiger partial charge in [0.05, 0.1) is 31.9 Å². The molecule has 0 aliphatic carbocycles. The Morgan fingerprint density at radius 2 is 1.34 bits per heavy atom. The summed E-state index contributed by atoms with van der Waals surface area (Å²) in [6, 6.07) is 13.5. The van der Waals surface area contributed by atoms with Crippen LogP contribution in [-0.2, 0) is 0 Å². The number of nitrogens with one attached hydrogen (secondary N) is 3. The average molecular weight is 518 g/mol. The Bertz CT molecular complexity index is 1260. The number of ether oxygens (including phenoxy) is 3. The number of amides is 3. The van der Waals surface area contributed by atoms with Crippen molar-refractivity contribution in [2.24, 2.45) is 0 Å². The summed E-state index contributed by atoms with van der Waals surface area (Å²) in [6.07, 6.45) is 0. The second kappa shape index (κ2) is 11.5. The predicted octanol–water partition coefficient (Wildman–Crippen LogP) is 4.35. The zero-order chi connectivity index (χ0) is 25.5. The second-order valence-corrected chi connectivity index (χ2v) is 7.82. The summed E-state index contributed by atoms with van der Waals surface area (Å²) in [6.45, 7) is 0. The maximum absolute atomic E-state index is 12.6. The van der Waals surface area contributed by atoms with Crippen LogP contribution in [0.1, 0.15) is 31.1 Å². The molecule has 0 bridgehead atoms. The topological polar surface area (TPSA) is 115 Å². The lowest BCUT2D eigenvalue weighted by Gasteiger charge is -2.14. The Hall–Kier alpha value is -3.95. The number of carbonyl (C=O) groups excluding carboxylic acids is 3. The molecule has 0 saturated heterocycles. The third-order valence-electron chi connectivity index (χ3n) is 4.77. The van der Waals surface area contributed by atoms with Crippen LogP contribution in [0.5, 0.6) is 17.2 Å². The van der Waals surface area contributed by atoms with E-state index in [9.17, 15) is 14.4 Å². The molecule has 0 heterocycles. The molecule has 0 fully saturated rings. The lowest BCUT2D eigenvalue weighted by molar-refractivity contribution is 0.0846. The predicted molar refractivity (Wildman–Crippen MR) is 132 cm³/mol. The van der Waals surface area contributed by atoms with Crippen molar-refractivity contribution in [3.63, 3.8) is 0 Å². The molecule has 0 spiro atoms. The Balaban J connectivity index is 1.68. The van der Waals surface area contributed by atoms with Crippen molar-refractivity contribution in [2.75, 3.05) is 26.6 Å². The van der Waals surface area contributed by atoms with Gasteiger partial charge in [0.25, 0.3) is 17.7 Å². The summed E-state index contributed by atoms with van der Waals surface area (Å²) in [7, 11) is 4.29. The van der Waals surface area contributed by atoms with Gasteiger partial charge in [-0.15, -0.1) is 0 Å². The Labute approximate surface area is 211 Å². The summed E-state index contributed by atoms with van der Waals surface area (Å²) in [5, 5.41) is 3.26. The summed E-state index contributed by atoms with van der Waals surface area (Å²) in [4.78, 5) is 37.7. The molecular weight excluding hydrogens is 497 g/mol. The smallest absolute Gasteiger partial charge is 0.269 e. The van der Waals surface area contributed by atoms with Crippen LogP contribution in [-0.4, -0.2) is 39.1 Å². The highest BCUT2D eigenvalue weighted by Crippen LogP contribution is 2.38. The first-order valence-corrected chi connectivity index (χ1v) is 10.8. The molecule has 0 aliphatic rings. The van der Waals surface area contributed by atoms with Gasteiger partial charge >= 0.3 is 0 Å². The third kappa shape index (κ3) is 6.14. The fourth-order valence-corrected chi connectivity index (χ4v) is 3.57. The molecule has 0 aliphatic heterocycles. The minimum absolute atomic E-state index is 0.167. The largest absolute Gasteiger partial charge is 0.493 e. The highest BCUT2D eigenvalue weighted by molar-refractivity contribution is 6.37. The molecule has 0 aromatic heterocycles. The van der Waals surface area contributed by atoms with Crippen LogP contribution in [0.4, 0.5) is 5.69 Å². The molecule has 0 saturated carbocycles. The van der Waals surface area contributed by atoms with E-state index in [-0.39, 0.29) is 33.2 Å². The highest BCUT2D eigenvalue weighted by atomic mass is 35.5. The van der Waals surface area contributed by atoms with Crippen molar-refractivity contribution in [3.8, 4) is 17.2 Å². The van der Waals surface area contributed by atoms with Crippen molar-refractivity contribution < 1.29 is 28.6 Å². The van der Waals surface area contributed by atoms with Gasteiger partial charge in [-0.25, -0.2) is 0 Å². The summed E-state index contributed by atoms with van der Waals surface area (Å²) in [5.41, 5.74) is 5.59. The van der Waals surface area contributed by atoms with Gasteiger partial charge in [0.1, 0.15) is 0 Å². The van der Waals surface area contributed by atoms with Crippen LogP contribution in [0.3, 0.4) is 0 Å². The van der Waals surface area contributed by atoms with Crippen LogP contribution in [0.15, 0.2) is 54.6 Å². The van der Waals surface area contributed by atoms with E-state index in [0.717, 1.165) is 0 Å². The standard InChI is InChI=1S/C24H21Cl2N3O6/c1-33-19-10-14(11-20(34-2)21(19)35-3)23(31)29-28-22(30)13-5-4-6-16(9-13)27-24(32)17-8-7-15(25)12-18(17)26/h4-12H,1-3H3,(H,27,32)(H,28,30)(H,29,31). The summed E-state index contributed by atoms with van der Waals surface area (Å²) >= 11 is 11.9. The van der Waals surface area contributed by atoms with Crippen molar-refractivity contribution in [1.29, 1.82) is 0 Å². The van der Waals surface area contributed by atoms with E-state index in [1.807, 2.05) is 0 Å². The Morgan fingerprint density at radius 1 is 0.714 bits per heavy atom. The number of benzene rings is 3. The number of rotatable bonds is 7. The number of hydrogen-bond acceptors (Lipinski definition) is 6. The molecule has 3 amide bonds. The van der Waals surface area contributed by atoms with E-state index in [2.05, 4.69) is 16.2 Å². The average Bonchev–Trinajstić information content (AvgIpc) is 2.86. The maximum Gasteiger partial charge on any atom is 0.269 e. The molecule has 11 heteroatoms. The lowest BCUT2D eigenvalue weighted by atomic mass is 10.1. The molecule has 9 nitrogen and oxygen atoms in total. The van der Waals surface area contributed by atoms with Gasteiger partial charge in [-0.1, -0.05) is 29.3 Å². The normalized spacial score (nSPS) is 10.2. The van der Waals surface area contributed by atoms with E-state index in [4.69, 9.17) is 37.4 Å². The molecule has 0 unspecified atom stereocenters.